The van der Waals surface area contributed by atoms with Crippen LogP contribution in [0.1, 0.15) is 42.9 Å². The fourth-order valence-electron chi connectivity index (χ4n) is 4.98. The molecule has 0 saturated carbocycles. The standard InChI is InChI=1S/C32H39N3O5S/c1-2-34-41(38,39)29-18-15-25(16-19-29)17-20-31(36)35(24-27-12-7-4-8-13-27)30(22-26-10-5-3-6-11-26)32(37)33-23-28-14-9-21-40-28/h3-8,10-13,15-16,18-19,28,30,34H,2,9,14,17,20-24H2,1H3,(H,33,37). The Morgan fingerprint density at radius 1 is 0.927 bits per heavy atom. The average Bonchev–Trinajstić information content (AvgIpc) is 3.51. The molecular formula is C32H39N3O5S. The molecule has 1 aliphatic rings. The molecule has 0 bridgehead atoms. The number of aryl methyl sites for hydroxylation is 1. The van der Waals surface area contributed by atoms with E-state index >= 15 is 0 Å². The number of benzene rings is 3. The van der Waals surface area contributed by atoms with E-state index in [4.69, 9.17) is 4.74 Å². The number of nitrogens with one attached hydrogen (secondary N) is 2. The first-order valence-corrected chi connectivity index (χ1v) is 15.7. The van der Waals surface area contributed by atoms with Gasteiger partial charge in [-0.25, -0.2) is 13.1 Å². The predicted molar refractivity (Wildman–Crippen MR) is 159 cm³/mol. The Labute approximate surface area is 243 Å². The molecule has 218 valence electrons. The second-order valence-electron chi connectivity index (χ2n) is 10.2. The van der Waals surface area contributed by atoms with E-state index in [0.29, 0.717) is 39.1 Å². The molecule has 41 heavy (non-hydrogen) atoms. The summed E-state index contributed by atoms with van der Waals surface area (Å²) in [5.74, 6) is -0.349. The van der Waals surface area contributed by atoms with Gasteiger partial charge in [0.05, 0.1) is 11.0 Å². The molecule has 1 heterocycles. The number of rotatable bonds is 14. The number of amides is 2. The van der Waals surface area contributed by atoms with Crippen molar-refractivity contribution < 1.29 is 22.7 Å². The minimum atomic E-state index is -3.55. The second-order valence-corrected chi connectivity index (χ2v) is 12.0. The summed E-state index contributed by atoms with van der Waals surface area (Å²) in [5.41, 5.74) is 2.74. The lowest BCUT2D eigenvalue weighted by Gasteiger charge is -2.32. The largest absolute Gasteiger partial charge is 0.376 e. The van der Waals surface area contributed by atoms with Gasteiger partial charge in [0, 0.05) is 39.1 Å². The molecule has 2 unspecified atom stereocenters. The van der Waals surface area contributed by atoms with E-state index in [2.05, 4.69) is 10.0 Å². The molecule has 9 heteroatoms. The zero-order chi connectivity index (χ0) is 29.1. The Balaban J connectivity index is 1.54. The van der Waals surface area contributed by atoms with Gasteiger partial charge in [-0.3, -0.25) is 9.59 Å². The summed E-state index contributed by atoms with van der Waals surface area (Å²) < 4.78 is 32.7. The highest BCUT2D eigenvalue weighted by Gasteiger charge is 2.31. The number of carbonyl (C=O) groups excluding carboxylic acids is 2. The van der Waals surface area contributed by atoms with Gasteiger partial charge in [0.1, 0.15) is 6.04 Å². The van der Waals surface area contributed by atoms with Crippen LogP contribution in [0, 0.1) is 0 Å². The Bertz CT molecular complexity index is 1360. The highest BCUT2D eigenvalue weighted by atomic mass is 32.2. The van der Waals surface area contributed by atoms with Crippen molar-refractivity contribution in [1.82, 2.24) is 14.9 Å². The normalized spacial score (nSPS) is 15.8. The van der Waals surface area contributed by atoms with Gasteiger partial charge in [0.15, 0.2) is 0 Å². The molecule has 3 aromatic rings. The maximum atomic E-state index is 13.8. The first kappa shape index (κ1) is 30.4. The van der Waals surface area contributed by atoms with Crippen molar-refractivity contribution in [3.8, 4) is 0 Å². The van der Waals surface area contributed by atoms with Crippen LogP contribution in [0.3, 0.4) is 0 Å². The lowest BCUT2D eigenvalue weighted by atomic mass is 10.0. The Hall–Kier alpha value is -3.53. The summed E-state index contributed by atoms with van der Waals surface area (Å²) in [5, 5.41) is 3.05. The third kappa shape index (κ3) is 8.98. The van der Waals surface area contributed by atoms with Crippen molar-refractivity contribution in [3.63, 3.8) is 0 Å². The molecule has 8 nitrogen and oxygen atoms in total. The van der Waals surface area contributed by atoms with Crippen molar-refractivity contribution in [2.24, 2.45) is 0 Å². The summed E-state index contributed by atoms with van der Waals surface area (Å²) in [7, 11) is -3.55. The van der Waals surface area contributed by atoms with Gasteiger partial charge in [0.2, 0.25) is 21.8 Å². The van der Waals surface area contributed by atoms with Gasteiger partial charge in [-0.05, 0) is 48.1 Å². The third-order valence-corrected chi connectivity index (χ3v) is 8.75. The van der Waals surface area contributed by atoms with Crippen molar-refractivity contribution in [2.45, 2.75) is 62.6 Å². The summed E-state index contributed by atoms with van der Waals surface area (Å²) in [6, 6.07) is 25.2. The van der Waals surface area contributed by atoms with Crippen molar-refractivity contribution in [2.75, 3.05) is 19.7 Å². The Morgan fingerprint density at radius 2 is 1.59 bits per heavy atom. The van der Waals surface area contributed by atoms with Crippen LogP contribution in [0.15, 0.2) is 89.8 Å². The molecule has 0 aliphatic carbocycles. The number of hydrogen-bond acceptors (Lipinski definition) is 5. The molecule has 1 fully saturated rings. The monoisotopic (exact) mass is 577 g/mol. The quantitative estimate of drug-likeness (QED) is 0.303. The molecule has 3 aromatic carbocycles. The van der Waals surface area contributed by atoms with E-state index in [0.717, 1.165) is 29.5 Å². The number of sulfonamides is 1. The highest BCUT2D eigenvalue weighted by Crippen LogP contribution is 2.18. The van der Waals surface area contributed by atoms with Gasteiger partial charge in [-0.1, -0.05) is 79.7 Å². The number of carbonyl (C=O) groups is 2. The van der Waals surface area contributed by atoms with Gasteiger partial charge in [-0.15, -0.1) is 0 Å². The average molecular weight is 578 g/mol. The third-order valence-electron chi connectivity index (χ3n) is 7.19. The Kier molecular flexibility index (Phi) is 11.1. The first-order chi connectivity index (χ1) is 19.9. The number of ether oxygens (including phenoxy) is 1. The zero-order valence-corrected chi connectivity index (χ0v) is 24.3. The second kappa shape index (κ2) is 14.9. The molecule has 4 rings (SSSR count). The van der Waals surface area contributed by atoms with Gasteiger partial charge in [0.25, 0.3) is 0 Å². The molecule has 2 amide bonds. The molecule has 1 aliphatic heterocycles. The van der Waals surface area contributed by atoms with Crippen LogP contribution in [0.2, 0.25) is 0 Å². The van der Waals surface area contributed by atoms with Crippen LogP contribution in [-0.2, 0) is 43.7 Å². The van der Waals surface area contributed by atoms with Crippen molar-refractivity contribution in [3.05, 3.63) is 102 Å². The lowest BCUT2D eigenvalue weighted by Crippen LogP contribution is -2.51. The van der Waals surface area contributed by atoms with E-state index in [-0.39, 0.29) is 29.2 Å². The van der Waals surface area contributed by atoms with E-state index in [1.165, 1.54) is 0 Å². The van der Waals surface area contributed by atoms with E-state index in [1.807, 2.05) is 60.7 Å². The van der Waals surface area contributed by atoms with E-state index < -0.39 is 16.1 Å². The predicted octanol–water partition coefficient (Wildman–Crippen LogP) is 3.85. The maximum absolute atomic E-state index is 13.8. The summed E-state index contributed by atoms with van der Waals surface area (Å²) in [4.78, 5) is 29.4. The molecule has 0 spiro atoms. The number of nitrogens with zero attached hydrogens (tertiary/aromatic N) is 1. The molecular weight excluding hydrogens is 538 g/mol. The van der Waals surface area contributed by atoms with Crippen LogP contribution in [-0.4, -0.2) is 57.0 Å². The van der Waals surface area contributed by atoms with E-state index in [1.54, 1.807) is 36.1 Å². The van der Waals surface area contributed by atoms with Crippen LogP contribution in [0.5, 0.6) is 0 Å². The summed E-state index contributed by atoms with van der Waals surface area (Å²) in [6.07, 6.45) is 2.86. The van der Waals surface area contributed by atoms with Gasteiger partial charge in [-0.2, -0.15) is 0 Å². The Morgan fingerprint density at radius 3 is 2.20 bits per heavy atom. The van der Waals surface area contributed by atoms with Crippen LogP contribution in [0.4, 0.5) is 0 Å². The van der Waals surface area contributed by atoms with Crippen LogP contribution >= 0.6 is 0 Å². The van der Waals surface area contributed by atoms with Gasteiger partial charge < -0.3 is 15.0 Å². The molecule has 1 saturated heterocycles. The molecule has 0 aromatic heterocycles. The van der Waals surface area contributed by atoms with Crippen LogP contribution in [0.25, 0.3) is 0 Å². The van der Waals surface area contributed by atoms with Crippen LogP contribution < -0.4 is 10.0 Å². The van der Waals surface area contributed by atoms with Gasteiger partial charge >= 0.3 is 0 Å². The van der Waals surface area contributed by atoms with Crippen molar-refractivity contribution in [1.29, 1.82) is 0 Å². The summed E-state index contributed by atoms with van der Waals surface area (Å²) >= 11 is 0. The number of hydrogen-bond donors (Lipinski definition) is 2. The zero-order valence-electron chi connectivity index (χ0n) is 23.5. The smallest absolute Gasteiger partial charge is 0.243 e. The minimum absolute atomic E-state index is 0.00564. The first-order valence-electron chi connectivity index (χ1n) is 14.2. The summed E-state index contributed by atoms with van der Waals surface area (Å²) in [6.45, 7) is 3.45. The molecule has 2 atom stereocenters. The topological polar surface area (TPSA) is 105 Å². The fourth-order valence-corrected chi connectivity index (χ4v) is 6.02. The SMILES string of the molecule is CCNS(=O)(=O)c1ccc(CCC(=O)N(Cc2ccccc2)C(Cc2ccccc2)C(=O)NCC2CCCO2)cc1. The molecule has 2 N–H and O–H groups in total. The molecule has 0 radical (unpaired) electrons. The lowest BCUT2D eigenvalue weighted by molar-refractivity contribution is -0.141. The minimum Gasteiger partial charge on any atom is -0.376 e. The fraction of sp³-hybridized carbons (Fsp3) is 0.375. The maximum Gasteiger partial charge on any atom is 0.243 e. The van der Waals surface area contributed by atoms with Crippen molar-refractivity contribution >= 4 is 21.8 Å². The van der Waals surface area contributed by atoms with E-state index in [9.17, 15) is 18.0 Å². The highest BCUT2D eigenvalue weighted by molar-refractivity contribution is 7.89.